The van der Waals surface area contributed by atoms with Gasteiger partial charge in [-0.25, -0.2) is 0 Å². The van der Waals surface area contributed by atoms with E-state index in [1.807, 2.05) is 24.3 Å². The molecule has 1 atom stereocenters. The van der Waals surface area contributed by atoms with Crippen LogP contribution >= 0.6 is 0 Å². The van der Waals surface area contributed by atoms with Gasteiger partial charge in [0.25, 0.3) is 0 Å². The maximum Gasteiger partial charge on any atom is 0.305 e. The van der Waals surface area contributed by atoms with Gasteiger partial charge < -0.3 is 19.5 Å². The van der Waals surface area contributed by atoms with Crippen LogP contribution in [0.4, 0.5) is 0 Å². The normalized spacial score (nSPS) is 12.2. The molecule has 0 fully saturated rings. The van der Waals surface area contributed by atoms with E-state index >= 15 is 0 Å². The number of methoxy groups -OCH3 is 2. The van der Waals surface area contributed by atoms with Crippen molar-refractivity contribution in [1.82, 2.24) is 5.32 Å². The number of benzene rings is 1. The molecule has 0 saturated heterocycles. The van der Waals surface area contributed by atoms with Gasteiger partial charge >= 0.3 is 5.97 Å². The highest BCUT2D eigenvalue weighted by Crippen LogP contribution is 2.14. The number of aryl methyl sites for hydroxylation is 1. The number of ether oxygens (including phenoxy) is 3. The van der Waals surface area contributed by atoms with Gasteiger partial charge in [-0.2, -0.15) is 0 Å². The van der Waals surface area contributed by atoms with E-state index in [0.717, 1.165) is 17.9 Å². The Labute approximate surface area is 132 Å². The standard InChI is InChI=1S/C17H27NO4/c1-13(2)18-11-16(20-3)12-22-15-8-5-14(6-9-15)7-10-17(19)21-4/h5-6,8-9,13,16,18H,7,10-12H2,1-4H3. The molecule has 1 aromatic rings. The fourth-order valence-electron chi connectivity index (χ4n) is 1.87. The third-order valence-corrected chi connectivity index (χ3v) is 3.29. The first-order chi connectivity index (χ1) is 10.5. The molecule has 0 aliphatic carbocycles. The molecule has 124 valence electrons. The summed E-state index contributed by atoms with van der Waals surface area (Å²) in [7, 11) is 3.09. The smallest absolute Gasteiger partial charge is 0.305 e. The van der Waals surface area contributed by atoms with Gasteiger partial charge in [0, 0.05) is 26.1 Å². The Kier molecular flexibility index (Phi) is 8.55. The largest absolute Gasteiger partial charge is 0.491 e. The Hall–Kier alpha value is -1.59. The predicted octanol–water partition coefficient (Wildman–Crippen LogP) is 2.18. The van der Waals surface area contributed by atoms with Gasteiger partial charge in [-0.3, -0.25) is 4.79 Å². The summed E-state index contributed by atoms with van der Waals surface area (Å²) < 4.78 is 15.8. The first-order valence-corrected chi connectivity index (χ1v) is 7.60. The maximum atomic E-state index is 11.1. The van der Waals surface area contributed by atoms with Crippen molar-refractivity contribution in [2.45, 2.75) is 38.8 Å². The van der Waals surface area contributed by atoms with Crippen molar-refractivity contribution < 1.29 is 19.0 Å². The molecule has 0 spiro atoms. The minimum absolute atomic E-state index is 0.0152. The van der Waals surface area contributed by atoms with Gasteiger partial charge in [-0.1, -0.05) is 26.0 Å². The van der Waals surface area contributed by atoms with Gasteiger partial charge in [-0.05, 0) is 24.1 Å². The second kappa shape index (κ2) is 10.2. The lowest BCUT2D eigenvalue weighted by Gasteiger charge is -2.18. The average molecular weight is 309 g/mol. The SMILES string of the molecule is COC(=O)CCc1ccc(OCC(CNC(C)C)OC)cc1. The molecular formula is C17H27NO4. The summed E-state index contributed by atoms with van der Waals surface area (Å²) >= 11 is 0. The van der Waals surface area contributed by atoms with E-state index in [0.29, 0.717) is 25.5 Å². The van der Waals surface area contributed by atoms with Crippen molar-refractivity contribution in [2.24, 2.45) is 0 Å². The Morgan fingerprint density at radius 3 is 2.41 bits per heavy atom. The van der Waals surface area contributed by atoms with Crippen LogP contribution in [0.5, 0.6) is 5.75 Å². The van der Waals surface area contributed by atoms with E-state index in [1.165, 1.54) is 7.11 Å². The van der Waals surface area contributed by atoms with Gasteiger partial charge in [0.15, 0.2) is 0 Å². The summed E-state index contributed by atoms with van der Waals surface area (Å²) in [5, 5.41) is 3.33. The fourth-order valence-corrected chi connectivity index (χ4v) is 1.87. The zero-order valence-electron chi connectivity index (χ0n) is 13.9. The van der Waals surface area contributed by atoms with Crippen molar-refractivity contribution in [3.63, 3.8) is 0 Å². The van der Waals surface area contributed by atoms with Crippen LogP contribution in [0, 0.1) is 0 Å². The quantitative estimate of drug-likeness (QED) is 0.671. The number of carbonyl (C=O) groups excluding carboxylic acids is 1. The summed E-state index contributed by atoms with van der Waals surface area (Å²) in [4.78, 5) is 11.1. The summed E-state index contributed by atoms with van der Waals surface area (Å²) in [6.45, 7) is 5.45. The molecule has 0 aliphatic rings. The predicted molar refractivity (Wildman–Crippen MR) is 86.2 cm³/mol. The Morgan fingerprint density at radius 1 is 1.18 bits per heavy atom. The maximum absolute atomic E-state index is 11.1. The van der Waals surface area contributed by atoms with Crippen LogP contribution in [0.3, 0.4) is 0 Å². The summed E-state index contributed by atoms with van der Waals surface area (Å²) in [6.07, 6.45) is 1.08. The Balaban J connectivity index is 2.38. The number of hydrogen-bond donors (Lipinski definition) is 1. The van der Waals surface area contributed by atoms with Crippen molar-refractivity contribution in [3.05, 3.63) is 29.8 Å². The molecule has 0 radical (unpaired) electrons. The van der Waals surface area contributed by atoms with Gasteiger partial charge in [0.2, 0.25) is 0 Å². The second-order valence-corrected chi connectivity index (χ2v) is 5.45. The molecule has 0 heterocycles. The number of carbonyl (C=O) groups is 1. The molecule has 0 aliphatic heterocycles. The minimum atomic E-state index is -0.194. The van der Waals surface area contributed by atoms with Crippen LogP contribution in [0.1, 0.15) is 25.8 Å². The molecular weight excluding hydrogens is 282 g/mol. The van der Waals surface area contributed by atoms with Crippen LogP contribution in [-0.2, 0) is 20.7 Å². The lowest BCUT2D eigenvalue weighted by Crippen LogP contribution is -2.36. The molecule has 5 heteroatoms. The molecule has 1 unspecified atom stereocenters. The number of hydrogen-bond acceptors (Lipinski definition) is 5. The van der Waals surface area contributed by atoms with E-state index in [-0.39, 0.29) is 12.1 Å². The van der Waals surface area contributed by atoms with Gasteiger partial charge in [0.1, 0.15) is 18.5 Å². The second-order valence-electron chi connectivity index (χ2n) is 5.45. The zero-order valence-corrected chi connectivity index (χ0v) is 13.9. The van der Waals surface area contributed by atoms with E-state index in [2.05, 4.69) is 23.9 Å². The molecule has 0 aromatic heterocycles. The van der Waals surface area contributed by atoms with Crippen molar-refractivity contribution >= 4 is 5.97 Å². The minimum Gasteiger partial charge on any atom is -0.491 e. The topological polar surface area (TPSA) is 56.8 Å². The van der Waals surface area contributed by atoms with Crippen LogP contribution in [-0.4, -0.2) is 45.5 Å². The van der Waals surface area contributed by atoms with E-state index in [4.69, 9.17) is 9.47 Å². The highest BCUT2D eigenvalue weighted by molar-refractivity contribution is 5.69. The third kappa shape index (κ3) is 7.43. The lowest BCUT2D eigenvalue weighted by atomic mass is 10.1. The van der Waals surface area contributed by atoms with Gasteiger partial charge in [0.05, 0.1) is 7.11 Å². The highest BCUT2D eigenvalue weighted by Gasteiger charge is 2.09. The molecule has 22 heavy (non-hydrogen) atoms. The molecule has 0 saturated carbocycles. The molecule has 1 aromatic carbocycles. The Morgan fingerprint density at radius 2 is 1.86 bits per heavy atom. The molecule has 1 N–H and O–H groups in total. The zero-order chi connectivity index (χ0) is 16.4. The molecule has 5 nitrogen and oxygen atoms in total. The highest BCUT2D eigenvalue weighted by atomic mass is 16.5. The van der Waals surface area contributed by atoms with E-state index in [1.54, 1.807) is 7.11 Å². The molecule has 1 rings (SSSR count). The van der Waals surface area contributed by atoms with Crippen LogP contribution < -0.4 is 10.1 Å². The van der Waals surface area contributed by atoms with E-state index < -0.39 is 0 Å². The van der Waals surface area contributed by atoms with E-state index in [9.17, 15) is 4.79 Å². The van der Waals surface area contributed by atoms with Crippen molar-refractivity contribution in [3.8, 4) is 5.75 Å². The van der Waals surface area contributed by atoms with Crippen LogP contribution in [0.15, 0.2) is 24.3 Å². The monoisotopic (exact) mass is 309 g/mol. The van der Waals surface area contributed by atoms with Crippen molar-refractivity contribution in [2.75, 3.05) is 27.4 Å². The number of rotatable bonds is 10. The Bertz CT molecular complexity index is 431. The van der Waals surface area contributed by atoms with Gasteiger partial charge in [-0.15, -0.1) is 0 Å². The molecule has 0 amide bonds. The summed E-state index contributed by atoms with van der Waals surface area (Å²) in [5.41, 5.74) is 1.09. The molecule has 0 bridgehead atoms. The fraction of sp³-hybridized carbons (Fsp3) is 0.588. The van der Waals surface area contributed by atoms with Crippen LogP contribution in [0.25, 0.3) is 0 Å². The lowest BCUT2D eigenvalue weighted by molar-refractivity contribution is -0.140. The van der Waals surface area contributed by atoms with Crippen LogP contribution in [0.2, 0.25) is 0 Å². The first kappa shape index (κ1) is 18.5. The number of esters is 1. The van der Waals surface area contributed by atoms with Crippen molar-refractivity contribution in [1.29, 1.82) is 0 Å². The average Bonchev–Trinajstić information content (AvgIpc) is 2.53. The number of nitrogens with one attached hydrogen (secondary N) is 1. The summed E-state index contributed by atoms with van der Waals surface area (Å²) in [6, 6.07) is 8.18. The summed E-state index contributed by atoms with van der Waals surface area (Å²) in [5.74, 6) is 0.606. The third-order valence-electron chi connectivity index (χ3n) is 3.29. The first-order valence-electron chi connectivity index (χ1n) is 7.60.